The number of nitrogens with one attached hydrogen (secondary N) is 1. The standard InChI is InChI=1S/C10H9BrFN5/c11-5-2-1-3-6(12)9(5)16-8-4-7(13)15-10(14)17-8/h1-4H,(H5,13,14,15,16,17). The molecule has 0 unspecified atom stereocenters. The number of anilines is 4. The van der Waals surface area contributed by atoms with E-state index in [0.717, 1.165) is 0 Å². The number of aromatic nitrogens is 2. The molecule has 2 rings (SSSR count). The topological polar surface area (TPSA) is 89.8 Å². The van der Waals surface area contributed by atoms with E-state index >= 15 is 0 Å². The summed E-state index contributed by atoms with van der Waals surface area (Å²) in [5.41, 5.74) is 11.2. The molecule has 0 amide bonds. The number of nitrogens with two attached hydrogens (primary N) is 2. The Morgan fingerprint density at radius 2 is 2.00 bits per heavy atom. The van der Waals surface area contributed by atoms with E-state index < -0.39 is 5.82 Å². The van der Waals surface area contributed by atoms with Crippen LogP contribution in [0.4, 0.5) is 27.7 Å². The molecule has 5 nitrogen and oxygen atoms in total. The van der Waals surface area contributed by atoms with E-state index in [1.807, 2.05) is 0 Å². The van der Waals surface area contributed by atoms with Crippen LogP contribution in [0.2, 0.25) is 0 Å². The summed E-state index contributed by atoms with van der Waals surface area (Å²) in [6, 6.07) is 6.10. The molecular formula is C10H9BrFN5. The second-order valence-corrected chi connectivity index (χ2v) is 4.11. The van der Waals surface area contributed by atoms with Crippen LogP contribution in [0.25, 0.3) is 0 Å². The number of benzene rings is 1. The number of para-hydroxylation sites is 1. The van der Waals surface area contributed by atoms with Crippen LogP contribution in [0.15, 0.2) is 28.7 Å². The Kier molecular flexibility index (Phi) is 3.10. The summed E-state index contributed by atoms with van der Waals surface area (Å²) in [6.45, 7) is 0. The van der Waals surface area contributed by atoms with Crippen molar-refractivity contribution in [1.82, 2.24) is 9.97 Å². The maximum Gasteiger partial charge on any atom is 0.223 e. The van der Waals surface area contributed by atoms with Crippen LogP contribution in [0.1, 0.15) is 0 Å². The molecule has 5 N–H and O–H groups in total. The van der Waals surface area contributed by atoms with Crippen molar-refractivity contribution >= 4 is 39.2 Å². The van der Waals surface area contributed by atoms with Crippen LogP contribution in [0.3, 0.4) is 0 Å². The zero-order valence-corrected chi connectivity index (χ0v) is 10.2. The summed E-state index contributed by atoms with van der Waals surface area (Å²) < 4.78 is 14.1. The molecule has 0 fully saturated rings. The molecule has 0 saturated heterocycles. The third kappa shape index (κ3) is 2.62. The maximum absolute atomic E-state index is 13.5. The molecule has 0 aliphatic rings. The van der Waals surface area contributed by atoms with E-state index in [-0.39, 0.29) is 17.5 Å². The smallest absolute Gasteiger partial charge is 0.223 e. The third-order valence-electron chi connectivity index (χ3n) is 1.98. The minimum atomic E-state index is -0.407. The normalized spacial score (nSPS) is 10.2. The molecule has 0 aliphatic carbocycles. The molecule has 0 spiro atoms. The minimum absolute atomic E-state index is 0.0277. The van der Waals surface area contributed by atoms with Crippen molar-refractivity contribution in [2.45, 2.75) is 0 Å². The summed E-state index contributed by atoms with van der Waals surface area (Å²) in [6.07, 6.45) is 0. The highest BCUT2D eigenvalue weighted by Crippen LogP contribution is 2.28. The first-order valence-corrected chi connectivity index (χ1v) is 5.46. The van der Waals surface area contributed by atoms with E-state index in [0.29, 0.717) is 10.3 Å². The lowest BCUT2D eigenvalue weighted by Gasteiger charge is -2.09. The Morgan fingerprint density at radius 1 is 1.24 bits per heavy atom. The van der Waals surface area contributed by atoms with Gasteiger partial charge in [0.1, 0.15) is 17.5 Å². The number of halogens is 2. The lowest BCUT2D eigenvalue weighted by atomic mass is 10.3. The molecule has 7 heteroatoms. The van der Waals surface area contributed by atoms with Crippen molar-refractivity contribution < 1.29 is 4.39 Å². The molecular weight excluding hydrogens is 289 g/mol. The van der Waals surface area contributed by atoms with Crippen molar-refractivity contribution in [2.24, 2.45) is 0 Å². The average molecular weight is 298 g/mol. The van der Waals surface area contributed by atoms with Gasteiger partial charge in [-0.1, -0.05) is 6.07 Å². The number of hydrogen-bond donors (Lipinski definition) is 3. The van der Waals surface area contributed by atoms with E-state index in [9.17, 15) is 4.39 Å². The van der Waals surface area contributed by atoms with Crippen LogP contribution in [-0.4, -0.2) is 9.97 Å². The predicted molar refractivity (Wildman–Crippen MR) is 68.2 cm³/mol. The lowest BCUT2D eigenvalue weighted by Crippen LogP contribution is -2.04. The largest absolute Gasteiger partial charge is 0.383 e. The van der Waals surface area contributed by atoms with Crippen LogP contribution in [-0.2, 0) is 0 Å². The molecule has 0 atom stereocenters. The molecule has 1 aromatic heterocycles. The second-order valence-electron chi connectivity index (χ2n) is 3.26. The SMILES string of the molecule is Nc1cc(Nc2c(F)cccc2Br)nc(N)n1. The van der Waals surface area contributed by atoms with Crippen LogP contribution >= 0.6 is 15.9 Å². The Balaban J connectivity index is 2.38. The summed E-state index contributed by atoms with van der Waals surface area (Å²) in [7, 11) is 0. The van der Waals surface area contributed by atoms with Gasteiger partial charge in [0.25, 0.3) is 0 Å². The van der Waals surface area contributed by atoms with E-state index in [4.69, 9.17) is 11.5 Å². The van der Waals surface area contributed by atoms with Gasteiger partial charge >= 0.3 is 0 Å². The van der Waals surface area contributed by atoms with Gasteiger partial charge in [0.05, 0.1) is 5.69 Å². The fourth-order valence-electron chi connectivity index (χ4n) is 1.29. The fraction of sp³-hybridized carbons (Fsp3) is 0. The van der Waals surface area contributed by atoms with Crippen LogP contribution in [0, 0.1) is 5.82 Å². The van der Waals surface area contributed by atoms with Crippen molar-refractivity contribution in [3.8, 4) is 0 Å². The molecule has 2 aromatic rings. The molecule has 1 aromatic carbocycles. The molecule has 17 heavy (non-hydrogen) atoms. The lowest BCUT2D eigenvalue weighted by molar-refractivity contribution is 0.631. The van der Waals surface area contributed by atoms with Gasteiger partial charge in [0.2, 0.25) is 5.95 Å². The molecule has 1 heterocycles. The zero-order valence-electron chi connectivity index (χ0n) is 8.61. The summed E-state index contributed by atoms with van der Waals surface area (Å²) in [4.78, 5) is 7.62. The summed E-state index contributed by atoms with van der Waals surface area (Å²) in [5.74, 6) is 0.170. The van der Waals surface area contributed by atoms with Gasteiger partial charge < -0.3 is 16.8 Å². The molecule has 0 radical (unpaired) electrons. The average Bonchev–Trinajstić information content (AvgIpc) is 2.22. The number of rotatable bonds is 2. The zero-order chi connectivity index (χ0) is 12.4. The van der Waals surface area contributed by atoms with Gasteiger partial charge in [-0.15, -0.1) is 0 Å². The van der Waals surface area contributed by atoms with Gasteiger partial charge in [-0.05, 0) is 28.1 Å². The monoisotopic (exact) mass is 297 g/mol. The summed E-state index contributed by atoms with van der Waals surface area (Å²) in [5, 5.41) is 2.79. The van der Waals surface area contributed by atoms with Crippen molar-refractivity contribution in [2.75, 3.05) is 16.8 Å². The highest BCUT2D eigenvalue weighted by molar-refractivity contribution is 9.10. The molecule has 0 bridgehead atoms. The van der Waals surface area contributed by atoms with E-state index in [1.54, 1.807) is 12.1 Å². The Hall–Kier alpha value is -1.89. The van der Waals surface area contributed by atoms with Crippen molar-refractivity contribution in [3.05, 3.63) is 34.6 Å². The van der Waals surface area contributed by atoms with E-state index in [1.165, 1.54) is 12.1 Å². The third-order valence-corrected chi connectivity index (χ3v) is 2.64. The number of nitrogen functional groups attached to an aromatic ring is 2. The molecule has 88 valence electrons. The quantitative estimate of drug-likeness (QED) is 0.791. The minimum Gasteiger partial charge on any atom is -0.383 e. The molecule has 0 saturated carbocycles. The fourth-order valence-corrected chi connectivity index (χ4v) is 1.74. The van der Waals surface area contributed by atoms with Crippen LogP contribution in [0.5, 0.6) is 0 Å². The highest BCUT2D eigenvalue weighted by atomic mass is 79.9. The molecule has 0 aliphatic heterocycles. The first-order chi connectivity index (χ1) is 8.06. The van der Waals surface area contributed by atoms with E-state index in [2.05, 4.69) is 31.2 Å². The Morgan fingerprint density at radius 3 is 2.65 bits per heavy atom. The number of nitrogens with zero attached hydrogens (tertiary/aromatic N) is 2. The van der Waals surface area contributed by atoms with Gasteiger partial charge in [-0.3, -0.25) is 0 Å². The predicted octanol–water partition coefficient (Wildman–Crippen LogP) is 2.29. The first kappa shape index (κ1) is 11.6. The second kappa shape index (κ2) is 4.54. The number of hydrogen-bond acceptors (Lipinski definition) is 5. The first-order valence-electron chi connectivity index (χ1n) is 4.67. The van der Waals surface area contributed by atoms with Gasteiger partial charge in [-0.2, -0.15) is 9.97 Å². The maximum atomic E-state index is 13.5. The van der Waals surface area contributed by atoms with Gasteiger partial charge in [0, 0.05) is 10.5 Å². The summed E-state index contributed by atoms with van der Waals surface area (Å²) >= 11 is 3.23. The van der Waals surface area contributed by atoms with Crippen LogP contribution < -0.4 is 16.8 Å². The van der Waals surface area contributed by atoms with Crippen molar-refractivity contribution in [3.63, 3.8) is 0 Å². The van der Waals surface area contributed by atoms with Gasteiger partial charge in [0.15, 0.2) is 0 Å². The van der Waals surface area contributed by atoms with Gasteiger partial charge in [-0.25, -0.2) is 4.39 Å². The van der Waals surface area contributed by atoms with Crippen molar-refractivity contribution in [1.29, 1.82) is 0 Å². The highest BCUT2D eigenvalue weighted by Gasteiger charge is 2.08. The Bertz CT molecular complexity index is 520. The Labute approximate surface area is 105 Å².